The van der Waals surface area contributed by atoms with Gasteiger partial charge in [-0.2, -0.15) is 0 Å². The predicted octanol–water partition coefficient (Wildman–Crippen LogP) is 0.825. The first-order valence-electron chi connectivity index (χ1n) is 8.26. The lowest BCUT2D eigenvalue weighted by atomic mass is 10.2. The van der Waals surface area contributed by atoms with Gasteiger partial charge in [-0.15, -0.1) is 0 Å². The van der Waals surface area contributed by atoms with Crippen LogP contribution in [-0.4, -0.2) is 76.5 Å². The van der Waals surface area contributed by atoms with Crippen LogP contribution in [0.4, 0.5) is 0 Å². The van der Waals surface area contributed by atoms with Gasteiger partial charge in [-0.1, -0.05) is 6.07 Å². The van der Waals surface area contributed by atoms with Crippen molar-refractivity contribution in [3.63, 3.8) is 0 Å². The van der Waals surface area contributed by atoms with Crippen molar-refractivity contribution >= 4 is 18.1 Å². The molecule has 0 N–H and O–H groups in total. The van der Waals surface area contributed by atoms with Gasteiger partial charge in [0.2, 0.25) is 0 Å². The third kappa shape index (κ3) is 2.66. The second-order valence-electron chi connectivity index (χ2n) is 6.20. The second-order valence-corrected chi connectivity index (χ2v) is 6.20. The maximum absolute atomic E-state index is 12.4. The fourth-order valence-electron chi connectivity index (χ4n) is 3.15. The number of aromatic nitrogens is 1. The Morgan fingerprint density at radius 1 is 1.21 bits per heavy atom. The molecule has 1 fully saturated rings. The quantitative estimate of drug-likeness (QED) is 0.808. The molecule has 1 saturated heterocycles. The van der Waals surface area contributed by atoms with Crippen molar-refractivity contribution in [3.8, 4) is 0 Å². The fourth-order valence-corrected chi connectivity index (χ4v) is 3.15. The minimum absolute atomic E-state index is 0.00320. The van der Waals surface area contributed by atoms with Crippen LogP contribution in [0.25, 0.3) is 0 Å². The van der Waals surface area contributed by atoms with Crippen molar-refractivity contribution in [1.82, 2.24) is 19.7 Å². The lowest BCUT2D eigenvalue weighted by molar-refractivity contribution is 0.0662. The van der Waals surface area contributed by atoms with Crippen LogP contribution in [0.5, 0.6) is 0 Å². The normalized spacial score (nSPS) is 23.0. The number of carbonyl (C=O) groups is 1. The Morgan fingerprint density at radius 2 is 2.04 bits per heavy atom. The largest absolute Gasteiger partial charge is 0.353 e. The molecule has 4 heterocycles. The number of hydrogen-bond acceptors (Lipinski definition) is 6. The molecule has 124 valence electrons. The molecule has 4 rings (SSSR count). The number of carbonyl (C=O) groups excluding carboxylic acids is 1. The molecule has 0 radical (unpaired) electrons. The SMILES string of the molecule is C[C@H]1CN=C2C=C(N3CCN(C(=O)c4ccccn4)CC3)N=CN21. The number of hydrogen-bond donors (Lipinski definition) is 0. The third-order valence-electron chi connectivity index (χ3n) is 4.60. The van der Waals surface area contributed by atoms with E-state index in [1.807, 2.05) is 29.4 Å². The fraction of sp³-hybridized carbons (Fsp3) is 0.412. The van der Waals surface area contributed by atoms with Crippen molar-refractivity contribution in [2.24, 2.45) is 9.98 Å². The average Bonchev–Trinajstić information content (AvgIpc) is 3.02. The van der Waals surface area contributed by atoms with Crippen molar-refractivity contribution in [2.75, 3.05) is 32.7 Å². The molecule has 1 amide bonds. The lowest BCUT2D eigenvalue weighted by Gasteiger charge is -2.37. The molecule has 1 aromatic rings. The topological polar surface area (TPSA) is 64.4 Å². The van der Waals surface area contributed by atoms with Gasteiger partial charge in [-0.3, -0.25) is 14.8 Å². The minimum atomic E-state index is -0.00320. The molecule has 7 nitrogen and oxygen atoms in total. The summed E-state index contributed by atoms with van der Waals surface area (Å²) in [6.45, 7) is 5.85. The molecule has 1 atom stereocenters. The van der Waals surface area contributed by atoms with E-state index in [0.29, 0.717) is 24.8 Å². The van der Waals surface area contributed by atoms with Gasteiger partial charge in [0.05, 0.1) is 18.9 Å². The summed E-state index contributed by atoms with van der Waals surface area (Å²) in [5.74, 6) is 1.92. The molecule has 7 heteroatoms. The van der Waals surface area contributed by atoms with E-state index in [4.69, 9.17) is 0 Å². The van der Waals surface area contributed by atoms with E-state index >= 15 is 0 Å². The zero-order valence-electron chi connectivity index (χ0n) is 13.7. The van der Waals surface area contributed by atoms with E-state index in [-0.39, 0.29) is 5.91 Å². The first-order valence-corrected chi connectivity index (χ1v) is 8.26. The highest BCUT2D eigenvalue weighted by atomic mass is 16.2. The smallest absolute Gasteiger partial charge is 0.272 e. The zero-order chi connectivity index (χ0) is 16.5. The van der Waals surface area contributed by atoms with E-state index in [1.54, 1.807) is 12.3 Å². The van der Waals surface area contributed by atoms with Gasteiger partial charge >= 0.3 is 0 Å². The molecule has 1 aromatic heterocycles. The number of rotatable bonds is 2. The third-order valence-corrected chi connectivity index (χ3v) is 4.60. The molecule has 0 aromatic carbocycles. The molecule has 0 spiro atoms. The number of amidine groups is 1. The maximum Gasteiger partial charge on any atom is 0.272 e. The lowest BCUT2D eigenvalue weighted by Crippen LogP contribution is -2.49. The van der Waals surface area contributed by atoms with Crippen LogP contribution < -0.4 is 0 Å². The van der Waals surface area contributed by atoms with Crippen LogP contribution in [0, 0.1) is 0 Å². The molecule has 0 aliphatic carbocycles. The minimum Gasteiger partial charge on any atom is -0.353 e. The molecular weight excluding hydrogens is 304 g/mol. The van der Waals surface area contributed by atoms with Crippen molar-refractivity contribution in [2.45, 2.75) is 13.0 Å². The molecule has 3 aliphatic heterocycles. The molecule has 0 unspecified atom stereocenters. The first-order chi connectivity index (χ1) is 11.7. The van der Waals surface area contributed by atoms with Crippen molar-refractivity contribution in [1.29, 1.82) is 0 Å². The van der Waals surface area contributed by atoms with E-state index in [1.165, 1.54) is 0 Å². The van der Waals surface area contributed by atoms with E-state index in [0.717, 1.165) is 31.3 Å². The summed E-state index contributed by atoms with van der Waals surface area (Å²) < 4.78 is 0. The summed E-state index contributed by atoms with van der Waals surface area (Å²) in [6, 6.07) is 5.80. The van der Waals surface area contributed by atoms with Gasteiger partial charge in [0, 0.05) is 38.5 Å². The van der Waals surface area contributed by atoms with Crippen LogP contribution in [-0.2, 0) is 0 Å². The summed E-state index contributed by atoms with van der Waals surface area (Å²) in [4.78, 5) is 31.9. The zero-order valence-corrected chi connectivity index (χ0v) is 13.7. The molecule has 3 aliphatic rings. The van der Waals surface area contributed by atoms with Gasteiger partial charge < -0.3 is 14.7 Å². The van der Waals surface area contributed by atoms with Crippen LogP contribution in [0.3, 0.4) is 0 Å². The molecule has 0 bridgehead atoms. The Hall–Kier alpha value is -2.70. The van der Waals surface area contributed by atoms with Crippen LogP contribution in [0.1, 0.15) is 17.4 Å². The van der Waals surface area contributed by atoms with Crippen molar-refractivity contribution < 1.29 is 4.79 Å². The number of amides is 1. The highest BCUT2D eigenvalue weighted by Gasteiger charge is 2.28. The summed E-state index contributed by atoms with van der Waals surface area (Å²) in [7, 11) is 0. The summed E-state index contributed by atoms with van der Waals surface area (Å²) in [5, 5.41) is 0. The number of nitrogens with zero attached hydrogens (tertiary/aromatic N) is 6. The number of aliphatic imine (C=N–C) groups is 2. The highest BCUT2D eigenvalue weighted by Crippen LogP contribution is 2.19. The first kappa shape index (κ1) is 14.9. The average molecular weight is 324 g/mol. The monoisotopic (exact) mass is 324 g/mol. The standard InChI is InChI=1S/C17H20N6O/c1-13-11-19-16-10-15(20-12-23(13)16)21-6-8-22(9-7-21)17(24)14-4-2-3-5-18-14/h2-5,10,12-13H,6-9,11H2,1H3/t13-/m0/s1. The van der Waals surface area contributed by atoms with E-state index in [2.05, 4.69) is 31.7 Å². The van der Waals surface area contributed by atoms with Crippen LogP contribution >= 0.6 is 0 Å². The number of pyridine rings is 1. The van der Waals surface area contributed by atoms with E-state index < -0.39 is 0 Å². The van der Waals surface area contributed by atoms with Gasteiger partial charge in [0.25, 0.3) is 5.91 Å². The van der Waals surface area contributed by atoms with E-state index in [9.17, 15) is 4.79 Å². The maximum atomic E-state index is 12.4. The van der Waals surface area contributed by atoms with Crippen LogP contribution in [0.15, 0.2) is 46.3 Å². The number of fused-ring (bicyclic) bond motifs is 1. The molecular formula is C17H20N6O. The van der Waals surface area contributed by atoms with Gasteiger partial charge in [0.15, 0.2) is 0 Å². The predicted molar refractivity (Wildman–Crippen MR) is 91.9 cm³/mol. The Kier molecular flexibility index (Phi) is 3.76. The van der Waals surface area contributed by atoms with Gasteiger partial charge in [0.1, 0.15) is 17.4 Å². The van der Waals surface area contributed by atoms with Gasteiger partial charge in [-0.25, -0.2) is 4.99 Å². The Morgan fingerprint density at radius 3 is 2.79 bits per heavy atom. The Balaban J connectivity index is 1.39. The Bertz CT molecular complexity index is 718. The molecule has 24 heavy (non-hydrogen) atoms. The second kappa shape index (κ2) is 6.07. The highest BCUT2D eigenvalue weighted by molar-refractivity contribution is 6.03. The van der Waals surface area contributed by atoms with Crippen LogP contribution in [0.2, 0.25) is 0 Å². The Labute approximate surface area is 141 Å². The summed E-state index contributed by atoms with van der Waals surface area (Å²) in [6.07, 6.45) is 5.57. The summed E-state index contributed by atoms with van der Waals surface area (Å²) in [5.41, 5.74) is 0.505. The van der Waals surface area contributed by atoms with Gasteiger partial charge in [-0.05, 0) is 19.1 Å². The van der Waals surface area contributed by atoms with Crippen molar-refractivity contribution in [3.05, 3.63) is 42.0 Å². The number of piperazine rings is 1. The molecule has 0 saturated carbocycles. The summed E-state index contributed by atoms with van der Waals surface area (Å²) >= 11 is 0.